The molecule has 0 saturated carbocycles. The maximum atomic E-state index is 14.0. The van der Waals surface area contributed by atoms with Crippen molar-refractivity contribution in [3.63, 3.8) is 0 Å². The zero-order valence-electron chi connectivity index (χ0n) is 23.4. The molecule has 0 saturated heterocycles. The number of hydrogen-bond acceptors (Lipinski definition) is 4. The summed E-state index contributed by atoms with van der Waals surface area (Å²) in [4.78, 5) is 28.8. The van der Waals surface area contributed by atoms with Crippen LogP contribution >= 0.6 is 11.6 Å². The van der Waals surface area contributed by atoms with Gasteiger partial charge in [0.25, 0.3) is 0 Å². The molecule has 3 aromatic carbocycles. The summed E-state index contributed by atoms with van der Waals surface area (Å²) in [5.41, 5.74) is -0.0568. The average Bonchev–Trinajstić information content (AvgIpc) is 2.91. The van der Waals surface area contributed by atoms with Crippen molar-refractivity contribution in [2.45, 2.75) is 39.0 Å². The van der Waals surface area contributed by atoms with E-state index < -0.39 is 46.2 Å². The Bertz CT molecular complexity index is 1480. The van der Waals surface area contributed by atoms with Gasteiger partial charge in [-0.3, -0.25) is 13.9 Å². The summed E-state index contributed by atoms with van der Waals surface area (Å²) in [5.74, 6) is -1.11. The number of sulfonamides is 1. The van der Waals surface area contributed by atoms with E-state index in [9.17, 15) is 31.2 Å². The van der Waals surface area contributed by atoms with Crippen molar-refractivity contribution in [2.24, 2.45) is 5.92 Å². The van der Waals surface area contributed by atoms with Gasteiger partial charge in [-0.2, -0.15) is 13.2 Å². The topological polar surface area (TPSA) is 86.8 Å². The predicted octanol–water partition coefficient (Wildman–Crippen LogP) is 5.54. The summed E-state index contributed by atoms with van der Waals surface area (Å²) in [5, 5.41) is 3.25. The summed E-state index contributed by atoms with van der Waals surface area (Å²) in [6.45, 7) is 3.24. The third-order valence-electron chi connectivity index (χ3n) is 6.34. The molecular formula is C30H33ClF3N3O4S. The molecule has 0 aromatic heterocycles. The lowest BCUT2D eigenvalue weighted by Gasteiger charge is -2.33. The maximum absolute atomic E-state index is 14.0. The van der Waals surface area contributed by atoms with Crippen molar-refractivity contribution < 1.29 is 31.2 Å². The Kier molecular flexibility index (Phi) is 11.0. The molecule has 3 rings (SSSR count). The zero-order chi connectivity index (χ0) is 31.1. The predicted molar refractivity (Wildman–Crippen MR) is 157 cm³/mol. The Morgan fingerprint density at radius 3 is 2.17 bits per heavy atom. The fourth-order valence-corrected chi connectivity index (χ4v) is 5.31. The van der Waals surface area contributed by atoms with Crippen LogP contribution in [0.5, 0.6) is 0 Å². The fraction of sp³-hybridized carbons (Fsp3) is 0.333. The molecule has 12 heteroatoms. The van der Waals surface area contributed by atoms with Gasteiger partial charge in [-0.05, 0) is 47.4 Å². The molecule has 2 amide bonds. The van der Waals surface area contributed by atoms with Gasteiger partial charge in [0.2, 0.25) is 21.8 Å². The van der Waals surface area contributed by atoms with E-state index in [-0.39, 0.29) is 24.6 Å². The minimum Gasteiger partial charge on any atom is -0.354 e. The lowest BCUT2D eigenvalue weighted by atomic mass is 10.0. The molecule has 0 aliphatic heterocycles. The molecule has 0 spiro atoms. The minimum absolute atomic E-state index is 0.105. The van der Waals surface area contributed by atoms with E-state index >= 15 is 0 Å². The largest absolute Gasteiger partial charge is 0.416 e. The number of alkyl halides is 3. The highest BCUT2D eigenvalue weighted by atomic mass is 35.5. The van der Waals surface area contributed by atoms with E-state index in [0.717, 1.165) is 24.0 Å². The number of nitrogens with one attached hydrogen (secondary N) is 1. The SMILES string of the molecule is CC(C)CNC(=O)[C@@H](Cc1ccccc1)N(Cc1cccc(Cl)c1)C(=O)CN(c1cccc(C(F)(F)F)c1)S(C)(=O)=O. The normalized spacial score (nSPS) is 12.6. The van der Waals surface area contributed by atoms with Crippen LogP contribution in [0.25, 0.3) is 0 Å². The minimum atomic E-state index is -4.73. The Balaban J connectivity index is 2.07. The maximum Gasteiger partial charge on any atom is 0.416 e. The highest BCUT2D eigenvalue weighted by Crippen LogP contribution is 2.32. The quantitative estimate of drug-likeness (QED) is 0.287. The Morgan fingerprint density at radius 1 is 0.929 bits per heavy atom. The lowest BCUT2D eigenvalue weighted by Crippen LogP contribution is -2.53. The Labute approximate surface area is 249 Å². The molecule has 0 heterocycles. The first-order valence-electron chi connectivity index (χ1n) is 13.2. The van der Waals surface area contributed by atoms with Crippen LogP contribution in [0, 0.1) is 5.92 Å². The number of rotatable bonds is 12. The molecule has 0 radical (unpaired) electrons. The third-order valence-corrected chi connectivity index (χ3v) is 7.71. The second kappa shape index (κ2) is 14.1. The van der Waals surface area contributed by atoms with Crippen LogP contribution in [0.1, 0.15) is 30.5 Å². The first-order valence-corrected chi connectivity index (χ1v) is 15.4. The van der Waals surface area contributed by atoms with Crippen LogP contribution in [0.4, 0.5) is 18.9 Å². The molecular weight excluding hydrogens is 591 g/mol. The highest BCUT2D eigenvalue weighted by Gasteiger charge is 2.35. The number of hydrogen-bond donors (Lipinski definition) is 1. The number of amides is 2. The molecule has 0 bridgehead atoms. The molecule has 0 unspecified atom stereocenters. The van der Waals surface area contributed by atoms with Gasteiger partial charge in [0.1, 0.15) is 12.6 Å². The molecule has 1 N–H and O–H groups in total. The van der Waals surface area contributed by atoms with Gasteiger partial charge in [0.05, 0.1) is 17.5 Å². The Morgan fingerprint density at radius 2 is 1.57 bits per heavy atom. The van der Waals surface area contributed by atoms with Crippen LogP contribution < -0.4 is 9.62 Å². The van der Waals surface area contributed by atoms with E-state index in [1.807, 2.05) is 19.9 Å². The summed E-state index contributed by atoms with van der Waals surface area (Å²) in [6.07, 6.45) is -3.81. The molecule has 7 nitrogen and oxygen atoms in total. The van der Waals surface area contributed by atoms with Gasteiger partial charge < -0.3 is 10.2 Å². The molecule has 0 aliphatic carbocycles. The van der Waals surface area contributed by atoms with Crippen LogP contribution in [-0.4, -0.2) is 50.5 Å². The van der Waals surface area contributed by atoms with Gasteiger partial charge in [-0.1, -0.05) is 74.0 Å². The molecule has 226 valence electrons. The van der Waals surface area contributed by atoms with E-state index in [1.165, 1.54) is 11.0 Å². The van der Waals surface area contributed by atoms with Gasteiger partial charge in [-0.25, -0.2) is 8.42 Å². The molecule has 3 aromatic rings. The van der Waals surface area contributed by atoms with E-state index in [2.05, 4.69) is 5.32 Å². The first kappa shape index (κ1) is 32.9. The smallest absolute Gasteiger partial charge is 0.354 e. The summed E-state index contributed by atoms with van der Waals surface area (Å²) in [6, 6.07) is 18.3. The molecule has 0 aliphatic rings. The number of carbonyl (C=O) groups excluding carboxylic acids is 2. The van der Waals surface area contributed by atoms with Crippen molar-refractivity contribution in [3.05, 3.63) is 101 Å². The number of nitrogens with zero attached hydrogens (tertiary/aromatic N) is 2. The van der Waals surface area contributed by atoms with Crippen LogP contribution in [0.15, 0.2) is 78.9 Å². The van der Waals surface area contributed by atoms with Gasteiger partial charge >= 0.3 is 6.18 Å². The molecule has 0 fully saturated rings. The fourth-order valence-electron chi connectivity index (χ4n) is 4.26. The van der Waals surface area contributed by atoms with Crippen molar-refractivity contribution in [2.75, 3.05) is 23.7 Å². The van der Waals surface area contributed by atoms with Crippen molar-refractivity contribution >= 4 is 39.1 Å². The second-order valence-corrected chi connectivity index (χ2v) is 12.7. The number of benzene rings is 3. The van der Waals surface area contributed by atoms with Crippen molar-refractivity contribution in [1.29, 1.82) is 0 Å². The van der Waals surface area contributed by atoms with Crippen LogP contribution in [0.2, 0.25) is 5.02 Å². The second-order valence-electron chi connectivity index (χ2n) is 10.3. The Hall–Kier alpha value is -3.57. The summed E-state index contributed by atoms with van der Waals surface area (Å²) >= 11 is 6.18. The highest BCUT2D eigenvalue weighted by molar-refractivity contribution is 7.92. The van der Waals surface area contributed by atoms with Crippen LogP contribution in [0.3, 0.4) is 0 Å². The van der Waals surface area contributed by atoms with Gasteiger partial charge in [0, 0.05) is 24.5 Å². The van der Waals surface area contributed by atoms with E-state index in [1.54, 1.807) is 48.5 Å². The molecule has 1 atom stereocenters. The standard InChI is InChI=1S/C30H33ClF3N3O4S/c1-21(2)18-35-29(39)27(16-22-9-5-4-6-10-22)36(19-23-11-7-13-25(31)15-23)28(38)20-37(42(3,40)41)26-14-8-12-24(17-26)30(32,33)34/h4-15,17,21,27H,16,18-20H2,1-3H3,(H,35,39)/t27-/m1/s1. The van der Waals surface area contributed by atoms with Crippen molar-refractivity contribution in [1.82, 2.24) is 10.2 Å². The van der Waals surface area contributed by atoms with Gasteiger partial charge in [0.15, 0.2) is 0 Å². The monoisotopic (exact) mass is 623 g/mol. The number of halogens is 4. The zero-order valence-corrected chi connectivity index (χ0v) is 25.0. The lowest BCUT2D eigenvalue weighted by molar-refractivity contribution is -0.140. The average molecular weight is 624 g/mol. The first-order chi connectivity index (χ1) is 19.6. The van der Waals surface area contributed by atoms with E-state index in [4.69, 9.17) is 11.6 Å². The number of anilines is 1. The number of carbonyl (C=O) groups is 2. The van der Waals surface area contributed by atoms with E-state index in [0.29, 0.717) is 27.5 Å². The van der Waals surface area contributed by atoms with Gasteiger partial charge in [-0.15, -0.1) is 0 Å². The third kappa shape index (κ3) is 9.49. The van der Waals surface area contributed by atoms with Crippen molar-refractivity contribution in [3.8, 4) is 0 Å². The van der Waals surface area contributed by atoms with Crippen LogP contribution in [-0.2, 0) is 38.8 Å². The summed E-state index contributed by atoms with van der Waals surface area (Å²) in [7, 11) is -4.22. The molecule has 42 heavy (non-hydrogen) atoms. The summed E-state index contributed by atoms with van der Waals surface area (Å²) < 4.78 is 66.5.